The van der Waals surface area contributed by atoms with Crippen LogP contribution in [0.3, 0.4) is 0 Å². The maximum atomic E-state index is 12.6. The zero-order valence-corrected chi connectivity index (χ0v) is 14.5. The highest BCUT2D eigenvalue weighted by atomic mass is 16.5. The number of primary amides is 1. The fourth-order valence-corrected chi connectivity index (χ4v) is 4.23. The van der Waals surface area contributed by atoms with Crippen LogP contribution < -0.4 is 10.5 Å². The maximum Gasteiger partial charge on any atom is 0.327 e. The molecule has 1 aliphatic carbocycles. The van der Waals surface area contributed by atoms with E-state index >= 15 is 0 Å². The summed E-state index contributed by atoms with van der Waals surface area (Å²) in [5.41, 5.74) is 5.62. The zero-order valence-electron chi connectivity index (χ0n) is 14.5. The fraction of sp³-hybridized carbons (Fsp3) is 0.556. The molecule has 138 valence electrons. The Morgan fingerprint density at radius 1 is 1.19 bits per heavy atom. The number of nitrogens with zero attached hydrogens (tertiary/aromatic N) is 3. The van der Waals surface area contributed by atoms with E-state index in [4.69, 9.17) is 10.5 Å². The molecule has 0 aromatic carbocycles. The van der Waals surface area contributed by atoms with Crippen molar-refractivity contribution in [2.75, 3.05) is 6.54 Å². The third kappa shape index (κ3) is 2.79. The monoisotopic (exact) mass is 358 g/mol. The number of rotatable bonds is 4. The Kier molecular flexibility index (Phi) is 4.26. The summed E-state index contributed by atoms with van der Waals surface area (Å²) in [6.45, 7) is 0.680. The van der Waals surface area contributed by atoms with Gasteiger partial charge in [-0.05, 0) is 50.7 Å². The molecule has 2 N–H and O–H groups in total. The molecular formula is C18H22N4O4. The number of urea groups is 1. The molecule has 3 aliphatic rings. The summed E-state index contributed by atoms with van der Waals surface area (Å²) >= 11 is 0. The summed E-state index contributed by atoms with van der Waals surface area (Å²) in [5.74, 6) is -0.370. The van der Waals surface area contributed by atoms with Gasteiger partial charge < -0.3 is 15.4 Å². The van der Waals surface area contributed by atoms with E-state index in [2.05, 4.69) is 4.98 Å². The third-order valence-corrected chi connectivity index (χ3v) is 5.55. The van der Waals surface area contributed by atoms with Crippen LogP contribution in [0.15, 0.2) is 18.3 Å². The van der Waals surface area contributed by atoms with Gasteiger partial charge in [-0.1, -0.05) is 0 Å². The predicted octanol–water partition coefficient (Wildman–Crippen LogP) is 1.30. The van der Waals surface area contributed by atoms with Crippen LogP contribution in [0.1, 0.15) is 48.9 Å². The van der Waals surface area contributed by atoms with E-state index < -0.39 is 5.91 Å². The van der Waals surface area contributed by atoms with Crippen LogP contribution in [0.25, 0.3) is 0 Å². The molecule has 1 unspecified atom stereocenters. The number of ether oxygens (including phenoxy) is 1. The second-order valence-electron chi connectivity index (χ2n) is 7.11. The van der Waals surface area contributed by atoms with Gasteiger partial charge in [0.2, 0.25) is 5.88 Å². The van der Waals surface area contributed by atoms with Gasteiger partial charge in [0, 0.05) is 18.8 Å². The van der Waals surface area contributed by atoms with E-state index in [1.807, 2.05) is 0 Å². The second-order valence-corrected chi connectivity index (χ2v) is 7.11. The predicted molar refractivity (Wildman–Crippen MR) is 91.4 cm³/mol. The third-order valence-electron chi connectivity index (χ3n) is 5.55. The summed E-state index contributed by atoms with van der Waals surface area (Å²) in [5, 5.41) is 0. The lowest BCUT2D eigenvalue weighted by Crippen LogP contribution is -2.45. The number of fused-ring (bicyclic) bond motifs is 1. The molecule has 3 heterocycles. The molecule has 8 heteroatoms. The molecule has 8 nitrogen and oxygen atoms in total. The van der Waals surface area contributed by atoms with Gasteiger partial charge in [-0.15, -0.1) is 0 Å². The normalized spacial score (nSPS) is 28.4. The Balaban J connectivity index is 1.39. The Labute approximate surface area is 151 Å². The number of amides is 4. The highest BCUT2D eigenvalue weighted by Crippen LogP contribution is 2.34. The lowest BCUT2D eigenvalue weighted by atomic mass is 9.91. The minimum Gasteiger partial charge on any atom is -0.474 e. The quantitative estimate of drug-likeness (QED) is 0.817. The van der Waals surface area contributed by atoms with Gasteiger partial charge in [-0.2, -0.15) is 0 Å². The van der Waals surface area contributed by atoms with Crippen LogP contribution in [0.5, 0.6) is 5.88 Å². The van der Waals surface area contributed by atoms with E-state index in [1.165, 1.54) is 4.90 Å². The number of carbonyl (C=O) groups excluding carboxylic acids is 3. The summed E-state index contributed by atoms with van der Waals surface area (Å²) in [7, 11) is 0. The largest absolute Gasteiger partial charge is 0.474 e. The van der Waals surface area contributed by atoms with Gasteiger partial charge in [0.15, 0.2) is 0 Å². The first-order valence-corrected chi connectivity index (χ1v) is 9.11. The number of nitrogens with two attached hydrogens (primary N) is 1. The van der Waals surface area contributed by atoms with Crippen molar-refractivity contribution in [2.24, 2.45) is 5.73 Å². The number of pyridine rings is 1. The molecule has 0 spiro atoms. The highest BCUT2D eigenvalue weighted by molar-refractivity contribution is 6.04. The van der Waals surface area contributed by atoms with Crippen molar-refractivity contribution in [3.05, 3.63) is 23.9 Å². The summed E-state index contributed by atoms with van der Waals surface area (Å²) in [6, 6.07) is 2.77. The van der Waals surface area contributed by atoms with Gasteiger partial charge in [0.25, 0.3) is 11.8 Å². The molecular weight excluding hydrogens is 336 g/mol. The van der Waals surface area contributed by atoms with Gasteiger partial charge >= 0.3 is 6.03 Å². The Bertz CT molecular complexity index is 722. The topological polar surface area (TPSA) is 106 Å². The lowest BCUT2D eigenvalue weighted by Gasteiger charge is -2.33. The zero-order chi connectivity index (χ0) is 18.3. The first-order chi connectivity index (χ1) is 12.6. The van der Waals surface area contributed by atoms with Gasteiger partial charge in [0.05, 0.1) is 0 Å². The summed E-state index contributed by atoms with van der Waals surface area (Å²) in [4.78, 5) is 43.8. The molecule has 1 aromatic rings. The molecule has 1 atom stereocenters. The van der Waals surface area contributed by atoms with Crippen LogP contribution in [-0.2, 0) is 4.79 Å². The van der Waals surface area contributed by atoms with E-state index in [1.54, 1.807) is 23.2 Å². The number of hydrogen-bond acceptors (Lipinski definition) is 5. The molecule has 4 rings (SSSR count). The van der Waals surface area contributed by atoms with Crippen LogP contribution in [0.2, 0.25) is 0 Å². The van der Waals surface area contributed by atoms with Crippen LogP contribution in [0.4, 0.5) is 4.79 Å². The van der Waals surface area contributed by atoms with Gasteiger partial charge in [0.1, 0.15) is 17.7 Å². The Morgan fingerprint density at radius 2 is 1.96 bits per heavy atom. The molecule has 0 radical (unpaired) electrons. The molecule has 4 amide bonds. The van der Waals surface area contributed by atoms with E-state index in [0.29, 0.717) is 32.2 Å². The fourth-order valence-electron chi connectivity index (χ4n) is 4.23. The van der Waals surface area contributed by atoms with E-state index in [-0.39, 0.29) is 41.6 Å². The van der Waals surface area contributed by atoms with Crippen LogP contribution >= 0.6 is 0 Å². The van der Waals surface area contributed by atoms with E-state index in [0.717, 1.165) is 12.8 Å². The molecule has 2 aliphatic heterocycles. The average Bonchev–Trinajstić information content (AvgIpc) is 3.21. The number of carbonyl (C=O) groups is 3. The van der Waals surface area contributed by atoms with Gasteiger partial charge in [-0.25, -0.2) is 9.78 Å². The number of hydrogen-bond donors (Lipinski definition) is 1. The number of aromatic nitrogens is 1. The lowest BCUT2D eigenvalue weighted by molar-refractivity contribution is -0.130. The Hall–Kier alpha value is -2.64. The van der Waals surface area contributed by atoms with Crippen molar-refractivity contribution >= 4 is 17.8 Å². The second kappa shape index (κ2) is 6.59. The first-order valence-electron chi connectivity index (χ1n) is 9.11. The minimum absolute atomic E-state index is 0.0439. The van der Waals surface area contributed by atoms with Crippen LogP contribution in [0, 0.1) is 0 Å². The van der Waals surface area contributed by atoms with Crippen molar-refractivity contribution < 1.29 is 19.1 Å². The molecule has 3 fully saturated rings. The van der Waals surface area contributed by atoms with Crippen molar-refractivity contribution in [3.63, 3.8) is 0 Å². The van der Waals surface area contributed by atoms with Crippen molar-refractivity contribution in [1.29, 1.82) is 0 Å². The smallest absolute Gasteiger partial charge is 0.327 e. The molecule has 26 heavy (non-hydrogen) atoms. The molecule has 0 bridgehead atoms. The molecule has 1 saturated carbocycles. The summed E-state index contributed by atoms with van der Waals surface area (Å²) in [6.07, 6.45) is 5.91. The van der Waals surface area contributed by atoms with Gasteiger partial charge in [-0.3, -0.25) is 14.5 Å². The van der Waals surface area contributed by atoms with Crippen molar-refractivity contribution in [1.82, 2.24) is 14.8 Å². The SMILES string of the molecule is NC(=O)c1cccnc1O[C@H]1CC[C@H](N2C(=O)C3CCCN3C2=O)CC1. The highest BCUT2D eigenvalue weighted by Gasteiger charge is 2.50. The molecule has 2 saturated heterocycles. The molecule has 1 aromatic heterocycles. The summed E-state index contributed by atoms with van der Waals surface area (Å²) < 4.78 is 5.88. The Morgan fingerprint density at radius 3 is 2.65 bits per heavy atom. The van der Waals surface area contributed by atoms with Crippen LogP contribution in [-0.4, -0.2) is 57.4 Å². The van der Waals surface area contributed by atoms with E-state index in [9.17, 15) is 14.4 Å². The number of imide groups is 1. The van der Waals surface area contributed by atoms with Crippen molar-refractivity contribution in [2.45, 2.75) is 56.7 Å². The standard InChI is InChI=1S/C18H22N4O4/c19-15(23)13-3-1-9-20-16(13)26-12-7-5-11(6-8-12)22-17(24)14-4-2-10-21(14)18(22)25/h1,3,9,11-12,14H,2,4-8,10H2,(H2,19,23)/t11-,12-,14?. The van der Waals surface area contributed by atoms with Crippen molar-refractivity contribution in [3.8, 4) is 5.88 Å². The average molecular weight is 358 g/mol. The minimum atomic E-state index is -0.573. The first kappa shape index (κ1) is 16.8. The maximum absolute atomic E-state index is 12.6.